The molecule has 1 aromatic carbocycles. The van der Waals surface area contributed by atoms with Crippen LogP contribution in [0.15, 0.2) is 18.2 Å². The van der Waals surface area contributed by atoms with Gasteiger partial charge in [0.05, 0.1) is 11.3 Å². The molecule has 5 heteroatoms. The van der Waals surface area contributed by atoms with E-state index < -0.39 is 0 Å². The highest BCUT2D eigenvalue weighted by atomic mass is 35.5. The van der Waals surface area contributed by atoms with Crippen LogP contribution in [0.1, 0.15) is 43.0 Å². The summed E-state index contributed by atoms with van der Waals surface area (Å²) in [6.45, 7) is 2.68. The SMILES string of the molecule is CC(NC(=O)c1ccc(Cl)cc1N1CCCC1=O)C1CC1. The summed E-state index contributed by atoms with van der Waals surface area (Å²) in [5, 5.41) is 3.57. The first-order valence-corrected chi connectivity index (χ1v) is 7.85. The zero-order chi connectivity index (χ0) is 15.0. The van der Waals surface area contributed by atoms with E-state index in [1.807, 2.05) is 6.92 Å². The van der Waals surface area contributed by atoms with Crippen molar-refractivity contribution in [2.45, 2.75) is 38.6 Å². The van der Waals surface area contributed by atoms with Gasteiger partial charge in [0.25, 0.3) is 5.91 Å². The van der Waals surface area contributed by atoms with E-state index in [4.69, 9.17) is 11.6 Å². The Hall–Kier alpha value is -1.55. The van der Waals surface area contributed by atoms with Crippen molar-refractivity contribution in [1.29, 1.82) is 0 Å². The van der Waals surface area contributed by atoms with Crippen LogP contribution in [0.2, 0.25) is 5.02 Å². The van der Waals surface area contributed by atoms with Crippen molar-refractivity contribution in [3.8, 4) is 0 Å². The standard InChI is InChI=1S/C16H19ClN2O2/c1-10(11-4-5-11)18-16(21)13-7-6-12(17)9-14(13)19-8-2-3-15(19)20/h6-7,9-11H,2-5,8H2,1H3,(H,18,21). The summed E-state index contributed by atoms with van der Waals surface area (Å²) in [6, 6.07) is 5.29. The van der Waals surface area contributed by atoms with Gasteiger partial charge in [0.1, 0.15) is 0 Å². The second-order valence-electron chi connectivity index (χ2n) is 5.91. The van der Waals surface area contributed by atoms with Crippen LogP contribution in [-0.4, -0.2) is 24.4 Å². The Kier molecular flexibility index (Phi) is 3.89. The zero-order valence-electron chi connectivity index (χ0n) is 12.1. The Morgan fingerprint density at radius 2 is 2.19 bits per heavy atom. The van der Waals surface area contributed by atoms with Crippen LogP contribution in [0, 0.1) is 5.92 Å². The van der Waals surface area contributed by atoms with Gasteiger partial charge in [-0.2, -0.15) is 0 Å². The predicted octanol–water partition coefficient (Wildman–Crippen LogP) is 3.00. The number of halogens is 1. The van der Waals surface area contributed by atoms with E-state index in [1.165, 1.54) is 12.8 Å². The lowest BCUT2D eigenvalue weighted by Crippen LogP contribution is -2.35. The van der Waals surface area contributed by atoms with Gasteiger partial charge >= 0.3 is 0 Å². The maximum atomic E-state index is 12.5. The molecule has 1 aliphatic heterocycles. The van der Waals surface area contributed by atoms with Crippen molar-refractivity contribution in [3.63, 3.8) is 0 Å². The molecule has 21 heavy (non-hydrogen) atoms. The molecule has 2 aliphatic rings. The molecule has 1 aliphatic carbocycles. The average Bonchev–Trinajstić information content (AvgIpc) is 3.21. The van der Waals surface area contributed by atoms with E-state index >= 15 is 0 Å². The monoisotopic (exact) mass is 306 g/mol. The fourth-order valence-electron chi connectivity index (χ4n) is 2.82. The highest BCUT2D eigenvalue weighted by Gasteiger charge is 2.31. The molecule has 112 valence electrons. The predicted molar refractivity (Wildman–Crippen MR) is 82.7 cm³/mol. The van der Waals surface area contributed by atoms with Crippen molar-refractivity contribution in [2.24, 2.45) is 5.92 Å². The fourth-order valence-corrected chi connectivity index (χ4v) is 2.99. The molecular weight excluding hydrogens is 288 g/mol. The average molecular weight is 307 g/mol. The summed E-state index contributed by atoms with van der Waals surface area (Å²) in [7, 11) is 0. The van der Waals surface area contributed by atoms with Crippen LogP contribution in [0.4, 0.5) is 5.69 Å². The van der Waals surface area contributed by atoms with Gasteiger partial charge < -0.3 is 10.2 Å². The first-order chi connectivity index (χ1) is 10.1. The molecule has 3 rings (SSSR count). The third-order valence-corrected chi connectivity index (χ3v) is 4.49. The van der Waals surface area contributed by atoms with E-state index in [2.05, 4.69) is 5.32 Å². The third-order valence-electron chi connectivity index (χ3n) is 4.26. The largest absolute Gasteiger partial charge is 0.349 e. The lowest BCUT2D eigenvalue weighted by atomic mass is 10.1. The number of benzene rings is 1. The van der Waals surface area contributed by atoms with Crippen LogP contribution in [0.3, 0.4) is 0 Å². The molecule has 1 saturated heterocycles. The summed E-state index contributed by atoms with van der Waals surface area (Å²) in [6.07, 6.45) is 3.72. The number of nitrogens with one attached hydrogen (secondary N) is 1. The van der Waals surface area contributed by atoms with Gasteiger partial charge in [0.15, 0.2) is 0 Å². The number of hydrogen-bond acceptors (Lipinski definition) is 2. The third kappa shape index (κ3) is 3.05. The van der Waals surface area contributed by atoms with Crippen molar-refractivity contribution >= 4 is 29.1 Å². The number of amides is 2. The van der Waals surface area contributed by atoms with Gasteiger partial charge in [-0.1, -0.05) is 11.6 Å². The molecule has 0 bridgehead atoms. The quantitative estimate of drug-likeness (QED) is 0.929. The van der Waals surface area contributed by atoms with E-state index in [0.717, 1.165) is 6.42 Å². The first-order valence-electron chi connectivity index (χ1n) is 7.47. The van der Waals surface area contributed by atoms with E-state index in [-0.39, 0.29) is 17.9 Å². The second kappa shape index (κ2) is 5.68. The topological polar surface area (TPSA) is 49.4 Å². The molecule has 1 heterocycles. The lowest BCUT2D eigenvalue weighted by molar-refractivity contribution is -0.117. The maximum Gasteiger partial charge on any atom is 0.253 e. The summed E-state index contributed by atoms with van der Waals surface area (Å²) >= 11 is 6.04. The second-order valence-corrected chi connectivity index (χ2v) is 6.35. The molecule has 1 unspecified atom stereocenters. The molecule has 1 saturated carbocycles. The lowest BCUT2D eigenvalue weighted by Gasteiger charge is -2.21. The van der Waals surface area contributed by atoms with E-state index in [1.54, 1.807) is 23.1 Å². The van der Waals surface area contributed by atoms with Crippen molar-refractivity contribution in [2.75, 3.05) is 11.4 Å². The molecule has 0 spiro atoms. The number of nitrogens with zero attached hydrogens (tertiary/aromatic N) is 1. The molecule has 2 fully saturated rings. The Balaban J connectivity index is 1.86. The molecule has 1 aromatic rings. The highest BCUT2D eigenvalue weighted by Crippen LogP contribution is 2.33. The first kappa shape index (κ1) is 14.4. The van der Waals surface area contributed by atoms with E-state index in [0.29, 0.717) is 35.2 Å². The van der Waals surface area contributed by atoms with Gasteiger partial charge in [-0.3, -0.25) is 9.59 Å². The van der Waals surface area contributed by atoms with Crippen LogP contribution < -0.4 is 10.2 Å². The van der Waals surface area contributed by atoms with Crippen molar-refractivity contribution in [3.05, 3.63) is 28.8 Å². The molecule has 0 aromatic heterocycles. The Labute approximate surface area is 129 Å². The van der Waals surface area contributed by atoms with E-state index in [9.17, 15) is 9.59 Å². The molecule has 2 amide bonds. The summed E-state index contributed by atoms with van der Waals surface area (Å²) in [5.74, 6) is 0.528. The van der Waals surface area contributed by atoms with Gasteiger partial charge in [-0.25, -0.2) is 0 Å². The molecule has 1 atom stereocenters. The minimum absolute atomic E-state index is 0.0570. The minimum atomic E-state index is -0.124. The number of carbonyl (C=O) groups excluding carboxylic acids is 2. The molecule has 0 radical (unpaired) electrons. The van der Waals surface area contributed by atoms with Crippen molar-refractivity contribution in [1.82, 2.24) is 5.32 Å². The molecule has 1 N–H and O–H groups in total. The smallest absolute Gasteiger partial charge is 0.253 e. The summed E-state index contributed by atoms with van der Waals surface area (Å²) in [4.78, 5) is 26.1. The van der Waals surface area contributed by atoms with Gasteiger partial charge in [-0.05, 0) is 50.3 Å². The molecule has 4 nitrogen and oxygen atoms in total. The zero-order valence-corrected chi connectivity index (χ0v) is 12.8. The number of anilines is 1. The van der Waals surface area contributed by atoms with Crippen LogP contribution in [-0.2, 0) is 4.79 Å². The van der Waals surface area contributed by atoms with Crippen LogP contribution >= 0.6 is 11.6 Å². The van der Waals surface area contributed by atoms with Gasteiger partial charge in [0.2, 0.25) is 5.91 Å². The highest BCUT2D eigenvalue weighted by molar-refractivity contribution is 6.31. The van der Waals surface area contributed by atoms with Crippen LogP contribution in [0.5, 0.6) is 0 Å². The molecular formula is C16H19ClN2O2. The summed E-state index contributed by atoms with van der Waals surface area (Å²) < 4.78 is 0. The number of hydrogen-bond donors (Lipinski definition) is 1. The number of rotatable bonds is 4. The van der Waals surface area contributed by atoms with Gasteiger partial charge in [0, 0.05) is 24.0 Å². The van der Waals surface area contributed by atoms with Crippen LogP contribution in [0.25, 0.3) is 0 Å². The fraction of sp³-hybridized carbons (Fsp3) is 0.500. The maximum absolute atomic E-state index is 12.5. The Morgan fingerprint density at radius 3 is 2.81 bits per heavy atom. The normalized spacial score (nSPS) is 19.7. The minimum Gasteiger partial charge on any atom is -0.349 e. The Morgan fingerprint density at radius 1 is 1.43 bits per heavy atom. The summed E-state index contributed by atoms with van der Waals surface area (Å²) in [5.41, 5.74) is 1.16. The van der Waals surface area contributed by atoms with Crippen molar-refractivity contribution < 1.29 is 9.59 Å². The Bertz CT molecular complexity index is 584. The number of carbonyl (C=O) groups is 2. The van der Waals surface area contributed by atoms with Gasteiger partial charge in [-0.15, -0.1) is 0 Å².